The first kappa shape index (κ1) is 14.9. The average molecular weight is 258 g/mol. The Balaban J connectivity index is 2.73. The Hall–Kier alpha value is -1.18. The van der Waals surface area contributed by atoms with Crippen LogP contribution in [-0.4, -0.2) is 54.6 Å². The van der Waals surface area contributed by atoms with Crippen LogP contribution in [0.15, 0.2) is 0 Å². The van der Waals surface area contributed by atoms with Crippen LogP contribution < -0.4 is 16.6 Å². The summed E-state index contributed by atoms with van der Waals surface area (Å²) in [5.74, 6) is 4.69. The third kappa shape index (κ3) is 3.66. The van der Waals surface area contributed by atoms with Crippen molar-refractivity contribution in [2.75, 3.05) is 19.8 Å². The van der Waals surface area contributed by atoms with Crippen molar-refractivity contribution in [2.24, 2.45) is 5.84 Å². The lowest BCUT2D eigenvalue weighted by molar-refractivity contribution is -0.139. The van der Waals surface area contributed by atoms with Gasteiger partial charge in [0.2, 0.25) is 5.91 Å². The van der Waals surface area contributed by atoms with Crippen LogP contribution in [0.25, 0.3) is 0 Å². The van der Waals surface area contributed by atoms with Crippen molar-refractivity contribution in [3.8, 4) is 0 Å². The quantitative estimate of drug-likeness (QED) is 0.327. The molecule has 104 valence electrons. The normalized spacial score (nSPS) is 22.6. The molecule has 0 radical (unpaired) electrons. The molecule has 0 aromatic rings. The molecule has 1 rings (SSSR count). The van der Waals surface area contributed by atoms with Gasteiger partial charge < -0.3 is 10.1 Å². The molecule has 1 aliphatic rings. The highest BCUT2D eigenvalue weighted by Gasteiger charge is 2.35. The molecule has 2 atom stereocenters. The summed E-state index contributed by atoms with van der Waals surface area (Å²) in [6, 6.07) is -0.852. The van der Waals surface area contributed by atoms with E-state index in [1.54, 1.807) is 6.92 Å². The highest BCUT2D eigenvalue weighted by molar-refractivity contribution is 5.85. The van der Waals surface area contributed by atoms with E-state index < -0.39 is 12.1 Å². The number of hydrogen-bond donors (Lipinski definition) is 3. The molecule has 2 amide bonds. The standard InChI is InChI=1S/C11H22N4O3/c1-7(2)13-11(17)9-6-18-5-4-15(9)8(3)10(16)14-12/h7-9H,4-6,12H2,1-3H3,(H,13,17)(H,14,16). The van der Waals surface area contributed by atoms with Gasteiger partial charge in [-0.1, -0.05) is 0 Å². The fraction of sp³-hybridized carbons (Fsp3) is 0.818. The molecule has 1 fully saturated rings. The van der Waals surface area contributed by atoms with E-state index in [9.17, 15) is 9.59 Å². The van der Waals surface area contributed by atoms with Gasteiger partial charge in [0.25, 0.3) is 5.91 Å². The van der Waals surface area contributed by atoms with Gasteiger partial charge in [-0.2, -0.15) is 0 Å². The van der Waals surface area contributed by atoms with E-state index in [-0.39, 0.29) is 17.9 Å². The maximum absolute atomic E-state index is 12.0. The van der Waals surface area contributed by atoms with Crippen LogP contribution in [0.3, 0.4) is 0 Å². The highest BCUT2D eigenvalue weighted by Crippen LogP contribution is 2.12. The van der Waals surface area contributed by atoms with E-state index in [4.69, 9.17) is 10.6 Å². The number of carbonyl (C=O) groups is 2. The first-order valence-electron chi connectivity index (χ1n) is 6.11. The van der Waals surface area contributed by atoms with Crippen molar-refractivity contribution in [2.45, 2.75) is 38.9 Å². The summed E-state index contributed by atoms with van der Waals surface area (Å²) in [7, 11) is 0. The zero-order valence-corrected chi connectivity index (χ0v) is 11.1. The molecule has 7 heteroatoms. The number of hydrogen-bond acceptors (Lipinski definition) is 5. The monoisotopic (exact) mass is 258 g/mol. The van der Waals surface area contributed by atoms with Crippen LogP contribution in [0.4, 0.5) is 0 Å². The van der Waals surface area contributed by atoms with Crippen LogP contribution in [0.5, 0.6) is 0 Å². The molecule has 18 heavy (non-hydrogen) atoms. The fourth-order valence-electron chi connectivity index (χ4n) is 1.96. The molecule has 0 aliphatic carbocycles. The predicted octanol–water partition coefficient (Wildman–Crippen LogP) is -1.41. The molecule has 1 heterocycles. The third-order valence-electron chi connectivity index (χ3n) is 2.92. The molecule has 1 saturated heterocycles. The van der Waals surface area contributed by atoms with E-state index in [1.165, 1.54) is 0 Å². The van der Waals surface area contributed by atoms with Crippen LogP contribution in [0.1, 0.15) is 20.8 Å². The number of rotatable bonds is 4. The molecule has 0 aromatic carbocycles. The Labute approximate surface area is 107 Å². The minimum atomic E-state index is -0.457. The van der Waals surface area contributed by atoms with Crippen LogP contribution in [0.2, 0.25) is 0 Å². The lowest BCUT2D eigenvalue weighted by Gasteiger charge is -2.37. The topological polar surface area (TPSA) is 96.7 Å². The molecule has 0 saturated carbocycles. The smallest absolute Gasteiger partial charge is 0.250 e. The van der Waals surface area contributed by atoms with Crippen LogP contribution in [-0.2, 0) is 14.3 Å². The van der Waals surface area contributed by atoms with Crippen LogP contribution in [0, 0.1) is 0 Å². The van der Waals surface area contributed by atoms with Gasteiger partial charge in [0.1, 0.15) is 6.04 Å². The van der Waals surface area contributed by atoms with E-state index in [0.717, 1.165) is 0 Å². The minimum Gasteiger partial charge on any atom is -0.378 e. The third-order valence-corrected chi connectivity index (χ3v) is 2.92. The Morgan fingerprint density at radius 1 is 1.39 bits per heavy atom. The Morgan fingerprint density at radius 3 is 2.61 bits per heavy atom. The van der Waals surface area contributed by atoms with Crippen LogP contribution >= 0.6 is 0 Å². The van der Waals surface area contributed by atoms with Gasteiger partial charge in [-0.3, -0.25) is 19.9 Å². The van der Waals surface area contributed by atoms with Crippen molar-refractivity contribution in [1.29, 1.82) is 0 Å². The summed E-state index contributed by atoms with van der Waals surface area (Å²) in [5, 5.41) is 2.83. The maximum Gasteiger partial charge on any atom is 0.250 e. The summed E-state index contributed by atoms with van der Waals surface area (Å²) in [6.45, 7) is 6.84. The molecule has 0 spiro atoms. The van der Waals surface area contributed by atoms with E-state index in [2.05, 4.69) is 10.7 Å². The second-order valence-electron chi connectivity index (χ2n) is 4.68. The van der Waals surface area contributed by atoms with Crippen molar-refractivity contribution in [3.63, 3.8) is 0 Å². The van der Waals surface area contributed by atoms with Gasteiger partial charge in [-0.05, 0) is 20.8 Å². The van der Waals surface area contributed by atoms with Gasteiger partial charge in [0, 0.05) is 12.6 Å². The van der Waals surface area contributed by atoms with Crippen molar-refractivity contribution >= 4 is 11.8 Å². The first-order chi connectivity index (χ1) is 8.47. The Bertz CT molecular complexity index is 309. The predicted molar refractivity (Wildman–Crippen MR) is 66.4 cm³/mol. The van der Waals surface area contributed by atoms with Crippen molar-refractivity contribution in [1.82, 2.24) is 15.6 Å². The molecule has 1 aliphatic heterocycles. The second-order valence-corrected chi connectivity index (χ2v) is 4.68. The molecule has 7 nitrogen and oxygen atoms in total. The molecule has 0 aromatic heterocycles. The summed E-state index contributed by atoms with van der Waals surface area (Å²) >= 11 is 0. The number of hydrazine groups is 1. The number of ether oxygens (including phenoxy) is 1. The highest BCUT2D eigenvalue weighted by atomic mass is 16.5. The molecular formula is C11H22N4O3. The van der Waals surface area contributed by atoms with E-state index in [0.29, 0.717) is 19.8 Å². The summed E-state index contributed by atoms with van der Waals surface area (Å²) < 4.78 is 5.31. The Kier molecular flexibility index (Phi) is 5.52. The largest absolute Gasteiger partial charge is 0.378 e. The minimum absolute atomic E-state index is 0.0555. The fourth-order valence-corrected chi connectivity index (χ4v) is 1.96. The molecule has 4 N–H and O–H groups in total. The van der Waals surface area contributed by atoms with Gasteiger partial charge in [-0.25, -0.2) is 5.84 Å². The van der Waals surface area contributed by atoms with Gasteiger partial charge in [0.15, 0.2) is 0 Å². The lowest BCUT2D eigenvalue weighted by atomic mass is 10.1. The summed E-state index contributed by atoms with van der Waals surface area (Å²) in [5.41, 5.74) is 2.11. The number of carbonyl (C=O) groups excluding carboxylic acids is 2. The zero-order valence-electron chi connectivity index (χ0n) is 11.1. The first-order valence-corrected chi connectivity index (χ1v) is 6.11. The molecule has 0 bridgehead atoms. The zero-order chi connectivity index (χ0) is 13.7. The molecular weight excluding hydrogens is 236 g/mol. The molecule has 2 unspecified atom stereocenters. The van der Waals surface area contributed by atoms with Gasteiger partial charge >= 0.3 is 0 Å². The SMILES string of the molecule is CC(C)NC(=O)C1COCCN1C(C)C(=O)NN. The maximum atomic E-state index is 12.0. The van der Waals surface area contributed by atoms with Crippen molar-refractivity contribution in [3.05, 3.63) is 0 Å². The van der Waals surface area contributed by atoms with Crippen molar-refractivity contribution < 1.29 is 14.3 Å². The van der Waals surface area contributed by atoms with E-state index >= 15 is 0 Å². The average Bonchev–Trinajstić information content (AvgIpc) is 2.36. The van der Waals surface area contributed by atoms with E-state index in [1.807, 2.05) is 18.7 Å². The number of nitrogens with two attached hydrogens (primary N) is 1. The number of nitrogens with zero attached hydrogens (tertiary/aromatic N) is 1. The lowest BCUT2D eigenvalue weighted by Crippen LogP contribution is -2.60. The second kappa shape index (κ2) is 6.67. The summed E-state index contributed by atoms with van der Waals surface area (Å²) in [6.07, 6.45) is 0. The van der Waals surface area contributed by atoms with Gasteiger partial charge in [-0.15, -0.1) is 0 Å². The summed E-state index contributed by atoms with van der Waals surface area (Å²) in [4.78, 5) is 25.4. The number of nitrogens with one attached hydrogen (secondary N) is 2. The van der Waals surface area contributed by atoms with Gasteiger partial charge in [0.05, 0.1) is 19.3 Å². The number of amides is 2. The Morgan fingerprint density at radius 2 is 2.06 bits per heavy atom. The number of morpholine rings is 1.